The first-order valence-corrected chi connectivity index (χ1v) is 9.03. The van der Waals surface area contributed by atoms with E-state index < -0.39 is 0 Å². The lowest BCUT2D eigenvalue weighted by Gasteiger charge is -2.44. The molecule has 26 heavy (non-hydrogen) atoms. The molecule has 0 aliphatic carbocycles. The number of aromatic nitrogens is 3. The van der Waals surface area contributed by atoms with E-state index in [1.54, 1.807) is 0 Å². The Bertz CT molecular complexity index is 1060. The minimum absolute atomic E-state index is 0.0795. The zero-order chi connectivity index (χ0) is 18.7. The Morgan fingerprint density at radius 1 is 0.846 bits per heavy atom. The first-order chi connectivity index (χ1) is 12.2. The maximum Gasteiger partial charge on any atom is 0.201 e. The summed E-state index contributed by atoms with van der Waals surface area (Å²) in [5, 5.41) is 8.84. The molecule has 3 aromatic rings. The van der Waals surface area contributed by atoms with Crippen molar-refractivity contribution < 1.29 is 0 Å². The Labute approximate surface area is 154 Å². The van der Waals surface area contributed by atoms with E-state index in [0.29, 0.717) is 5.82 Å². The summed E-state index contributed by atoms with van der Waals surface area (Å²) in [6.45, 7) is 13.0. The molecule has 1 aromatic heterocycles. The number of hydrogen-bond donors (Lipinski definition) is 0. The molecule has 0 N–H and O–H groups in total. The summed E-state index contributed by atoms with van der Waals surface area (Å²) in [6, 6.07) is 12.5. The van der Waals surface area contributed by atoms with Crippen molar-refractivity contribution >= 4 is 16.7 Å². The minimum Gasteiger partial charge on any atom is -0.274 e. The van der Waals surface area contributed by atoms with Gasteiger partial charge in [-0.25, -0.2) is 4.98 Å². The predicted molar refractivity (Wildman–Crippen MR) is 106 cm³/mol. The van der Waals surface area contributed by atoms with Crippen LogP contribution in [0.4, 0.5) is 0 Å². The van der Waals surface area contributed by atoms with E-state index in [0.717, 1.165) is 27.9 Å². The summed E-state index contributed by atoms with van der Waals surface area (Å²) >= 11 is 0. The quantitative estimate of drug-likeness (QED) is 0.651. The molecule has 4 heteroatoms. The first kappa shape index (κ1) is 16.8. The van der Waals surface area contributed by atoms with Gasteiger partial charge in [-0.3, -0.25) is 4.99 Å². The largest absolute Gasteiger partial charge is 0.274 e. The summed E-state index contributed by atoms with van der Waals surface area (Å²) in [7, 11) is 0. The third-order valence-electron chi connectivity index (χ3n) is 6.14. The second-order valence-electron chi connectivity index (χ2n) is 8.20. The van der Waals surface area contributed by atoms with Gasteiger partial charge in [0.1, 0.15) is 11.2 Å². The van der Waals surface area contributed by atoms with Gasteiger partial charge in [0.15, 0.2) is 0 Å². The van der Waals surface area contributed by atoms with E-state index in [1.165, 1.54) is 11.1 Å². The molecule has 0 spiro atoms. The van der Waals surface area contributed by atoms with Gasteiger partial charge in [0.25, 0.3) is 0 Å². The van der Waals surface area contributed by atoms with Gasteiger partial charge in [0, 0.05) is 11.0 Å². The van der Waals surface area contributed by atoms with Crippen molar-refractivity contribution in [1.82, 2.24) is 15.2 Å². The summed E-state index contributed by atoms with van der Waals surface area (Å²) in [6.07, 6.45) is 0. The SMILES string of the molecule is Cc1ccc2nnc(C3=NC(C)(C)C(C)(C)c4ccccc43)nc2c1C. The average Bonchev–Trinajstić information content (AvgIpc) is 2.62. The van der Waals surface area contributed by atoms with Crippen LogP contribution in [0.2, 0.25) is 0 Å². The molecule has 2 aromatic carbocycles. The Morgan fingerprint density at radius 3 is 2.35 bits per heavy atom. The van der Waals surface area contributed by atoms with Crippen molar-refractivity contribution in [1.29, 1.82) is 0 Å². The van der Waals surface area contributed by atoms with Crippen LogP contribution in [0.15, 0.2) is 41.4 Å². The number of hydrogen-bond acceptors (Lipinski definition) is 4. The third kappa shape index (κ3) is 2.28. The van der Waals surface area contributed by atoms with Gasteiger partial charge >= 0.3 is 0 Å². The zero-order valence-corrected chi connectivity index (χ0v) is 16.3. The van der Waals surface area contributed by atoms with Crippen LogP contribution < -0.4 is 0 Å². The number of aliphatic imine (C=N–C) groups is 1. The molecular weight excluding hydrogens is 320 g/mol. The molecule has 4 rings (SSSR count). The molecule has 4 nitrogen and oxygen atoms in total. The van der Waals surface area contributed by atoms with Crippen LogP contribution in [-0.4, -0.2) is 26.4 Å². The van der Waals surface area contributed by atoms with E-state index in [1.807, 2.05) is 12.1 Å². The Morgan fingerprint density at radius 2 is 1.58 bits per heavy atom. The van der Waals surface area contributed by atoms with Crippen LogP contribution in [0.5, 0.6) is 0 Å². The number of rotatable bonds is 1. The highest BCUT2D eigenvalue weighted by molar-refractivity contribution is 6.13. The average molecular weight is 344 g/mol. The summed E-state index contributed by atoms with van der Waals surface area (Å²) < 4.78 is 0. The highest BCUT2D eigenvalue weighted by Crippen LogP contribution is 2.43. The molecule has 1 aliphatic rings. The molecule has 0 saturated carbocycles. The second-order valence-corrected chi connectivity index (χ2v) is 8.20. The third-order valence-corrected chi connectivity index (χ3v) is 6.14. The molecule has 0 fully saturated rings. The van der Waals surface area contributed by atoms with Crippen LogP contribution in [0, 0.1) is 13.8 Å². The predicted octanol–water partition coefficient (Wildman–Crippen LogP) is 4.55. The van der Waals surface area contributed by atoms with Gasteiger partial charge in [-0.2, -0.15) is 0 Å². The van der Waals surface area contributed by atoms with Crippen molar-refractivity contribution in [3.05, 3.63) is 64.5 Å². The molecular formula is C22H24N4. The van der Waals surface area contributed by atoms with E-state index in [2.05, 4.69) is 76.0 Å². The molecule has 0 atom stereocenters. The van der Waals surface area contributed by atoms with Gasteiger partial charge in [0.2, 0.25) is 5.82 Å². The number of benzene rings is 2. The van der Waals surface area contributed by atoms with Crippen LogP contribution in [0.25, 0.3) is 11.0 Å². The maximum absolute atomic E-state index is 5.09. The van der Waals surface area contributed by atoms with Crippen LogP contribution in [0.1, 0.15) is 55.8 Å². The number of aryl methyl sites for hydroxylation is 2. The van der Waals surface area contributed by atoms with E-state index in [4.69, 9.17) is 9.98 Å². The lowest BCUT2D eigenvalue weighted by molar-refractivity contribution is 0.303. The second kappa shape index (κ2) is 5.44. The van der Waals surface area contributed by atoms with Gasteiger partial charge in [0.05, 0.1) is 11.1 Å². The van der Waals surface area contributed by atoms with E-state index in [9.17, 15) is 0 Å². The van der Waals surface area contributed by atoms with Crippen LogP contribution in [0.3, 0.4) is 0 Å². The van der Waals surface area contributed by atoms with Gasteiger partial charge in [-0.15, -0.1) is 10.2 Å². The fourth-order valence-electron chi connectivity index (χ4n) is 3.55. The highest BCUT2D eigenvalue weighted by atomic mass is 15.2. The molecule has 0 saturated heterocycles. The summed E-state index contributed by atoms with van der Waals surface area (Å²) in [5.74, 6) is 0.599. The minimum atomic E-state index is -0.267. The fourth-order valence-corrected chi connectivity index (χ4v) is 3.55. The van der Waals surface area contributed by atoms with Crippen molar-refractivity contribution in [2.75, 3.05) is 0 Å². The van der Waals surface area contributed by atoms with Crippen LogP contribution in [-0.2, 0) is 5.41 Å². The topological polar surface area (TPSA) is 51.0 Å². The van der Waals surface area contributed by atoms with Crippen molar-refractivity contribution in [3.63, 3.8) is 0 Å². The molecule has 0 radical (unpaired) electrons. The van der Waals surface area contributed by atoms with Crippen molar-refractivity contribution in [2.24, 2.45) is 4.99 Å². The van der Waals surface area contributed by atoms with Gasteiger partial charge < -0.3 is 0 Å². The maximum atomic E-state index is 5.09. The monoisotopic (exact) mass is 344 g/mol. The Kier molecular flexibility index (Phi) is 3.52. The van der Waals surface area contributed by atoms with E-state index >= 15 is 0 Å². The van der Waals surface area contributed by atoms with Crippen LogP contribution >= 0.6 is 0 Å². The molecule has 0 bridgehead atoms. The standard InChI is InChI=1S/C22H24N4/c1-13-11-12-17-18(14(13)2)23-20(26-25-17)19-15-9-7-8-10-16(15)21(3,4)22(5,6)24-19/h7-12H,1-6H3. The summed E-state index contributed by atoms with van der Waals surface area (Å²) in [5.41, 5.74) is 6.93. The normalized spacial score (nSPS) is 17.7. The lowest BCUT2D eigenvalue weighted by Crippen LogP contribution is -2.46. The molecule has 0 unspecified atom stereocenters. The summed E-state index contributed by atoms with van der Waals surface area (Å²) in [4.78, 5) is 9.96. The number of fused-ring (bicyclic) bond motifs is 2. The van der Waals surface area contributed by atoms with E-state index in [-0.39, 0.29) is 11.0 Å². The molecule has 1 aliphatic heterocycles. The van der Waals surface area contributed by atoms with Gasteiger partial charge in [-0.1, -0.05) is 44.2 Å². The Hall–Kier alpha value is -2.62. The smallest absolute Gasteiger partial charge is 0.201 e. The molecule has 0 amide bonds. The molecule has 132 valence electrons. The van der Waals surface area contributed by atoms with Crippen molar-refractivity contribution in [2.45, 2.75) is 52.5 Å². The first-order valence-electron chi connectivity index (χ1n) is 9.03. The lowest BCUT2D eigenvalue weighted by atomic mass is 9.66. The highest BCUT2D eigenvalue weighted by Gasteiger charge is 2.44. The van der Waals surface area contributed by atoms with Crippen molar-refractivity contribution in [3.8, 4) is 0 Å². The Balaban J connectivity index is 1.99. The fraction of sp³-hybridized carbons (Fsp3) is 0.364. The number of nitrogens with zero attached hydrogens (tertiary/aromatic N) is 4. The zero-order valence-electron chi connectivity index (χ0n) is 16.3. The van der Waals surface area contributed by atoms with Gasteiger partial charge in [-0.05, 0) is 50.5 Å². The molecule has 2 heterocycles.